The Morgan fingerprint density at radius 3 is 2.46 bits per heavy atom. The first-order valence-electron chi connectivity index (χ1n) is 4.48. The van der Waals surface area contributed by atoms with Crippen molar-refractivity contribution in [3.8, 4) is 0 Å². The molecule has 1 aliphatic rings. The smallest absolute Gasteiger partial charge is 0.124 e. The van der Waals surface area contributed by atoms with Crippen LogP contribution in [0.1, 0.15) is 17.3 Å². The molecule has 0 fully saturated rings. The highest BCUT2D eigenvalue weighted by atomic mass is 15.3. The van der Waals surface area contributed by atoms with Crippen molar-refractivity contribution in [3.05, 3.63) is 47.8 Å². The molecule has 68 valence electrons. The first kappa shape index (κ1) is 8.17. The first-order chi connectivity index (χ1) is 6.27. The predicted molar refractivity (Wildman–Crippen MR) is 54.0 cm³/mol. The van der Waals surface area contributed by atoms with Crippen molar-refractivity contribution in [2.75, 3.05) is 7.05 Å². The maximum absolute atomic E-state index is 3.29. The highest BCUT2D eigenvalue weighted by molar-refractivity contribution is 5.25. The molecular formula is C11H14N2. The topological polar surface area (TPSA) is 15.3 Å². The van der Waals surface area contributed by atoms with Crippen LogP contribution in [-0.4, -0.2) is 11.9 Å². The van der Waals surface area contributed by atoms with Crippen LogP contribution >= 0.6 is 0 Å². The molecule has 1 aliphatic heterocycles. The van der Waals surface area contributed by atoms with Crippen LogP contribution in [0.5, 0.6) is 0 Å². The van der Waals surface area contributed by atoms with Gasteiger partial charge in [-0.1, -0.05) is 29.8 Å². The van der Waals surface area contributed by atoms with E-state index in [0.717, 1.165) is 0 Å². The fourth-order valence-electron chi connectivity index (χ4n) is 1.54. The van der Waals surface area contributed by atoms with Gasteiger partial charge in [-0.2, -0.15) is 0 Å². The molecule has 2 rings (SSSR count). The summed E-state index contributed by atoms with van der Waals surface area (Å²) in [6, 6.07) is 8.61. The Kier molecular flexibility index (Phi) is 1.97. The molecule has 1 unspecified atom stereocenters. The molecule has 0 amide bonds. The van der Waals surface area contributed by atoms with E-state index in [2.05, 4.69) is 48.5 Å². The van der Waals surface area contributed by atoms with Crippen LogP contribution in [0.2, 0.25) is 0 Å². The van der Waals surface area contributed by atoms with Crippen molar-refractivity contribution in [3.63, 3.8) is 0 Å². The molecule has 0 bridgehead atoms. The lowest BCUT2D eigenvalue weighted by Crippen LogP contribution is -2.23. The van der Waals surface area contributed by atoms with E-state index >= 15 is 0 Å². The zero-order valence-corrected chi connectivity index (χ0v) is 7.99. The van der Waals surface area contributed by atoms with E-state index in [1.165, 1.54) is 11.1 Å². The lowest BCUT2D eigenvalue weighted by Gasteiger charge is -2.21. The summed E-state index contributed by atoms with van der Waals surface area (Å²) >= 11 is 0. The lowest BCUT2D eigenvalue weighted by atomic mass is 10.1. The Balaban J connectivity index is 2.21. The standard InChI is InChI=1S/C11H14N2/c1-9-3-5-10(6-4-9)11-12-7-8-13(11)2/h3-8,11-12H,1-2H3. The van der Waals surface area contributed by atoms with E-state index in [-0.39, 0.29) is 0 Å². The van der Waals surface area contributed by atoms with Crippen LogP contribution in [0, 0.1) is 6.92 Å². The molecule has 0 saturated carbocycles. The van der Waals surface area contributed by atoms with Gasteiger partial charge in [-0.15, -0.1) is 0 Å². The Labute approximate surface area is 78.9 Å². The Bertz CT molecular complexity index is 313. The van der Waals surface area contributed by atoms with E-state index in [1.807, 2.05) is 12.4 Å². The minimum Gasteiger partial charge on any atom is -0.366 e. The molecule has 0 radical (unpaired) electrons. The minimum atomic E-state index is 0.306. The lowest BCUT2D eigenvalue weighted by molar-refractivity contribution is 0.340. The molecule has 1 heterocycles. The van der Waals surface area contributed by atoms with E-state index in [4.69, 9.17) is 0 Å². The second-order valence-corrected chi connectivity index (χ2v) is 3.46. The number of hydrogen-bond donors (Lipinski definition) is 1. The average Bonchev–Trinajstić information content (AvgIpc) is 2.53. The number of rotatable bonds is 1. The van der Waals surface area contributed by atoms with Crippen molar-refractivity contribution >= 4 is 0 Å². The quantitative estimate of drug-likeness (QED) is 0.700. The van der Waals surface area contributed by atoms with E-state index in [0.29, 0.717) is 6.17 Å². The number of aryl methyl sites for hydroxylation is 1. The van der Waals surface area contributed by atoms with Crippen LogP contribution in [-0.2, 0) is 0 Å². The zero-order valence-electron chi connectivity index (χ0n) is 7.99. The zero-order chi connectivity index (χ0) is 9.26. The normalized spacial score (nSPS) is 20.5. The summed E-state index contributed by atoms with van der Waals surface area (Å²) in [5.74, 6) is 0. The Morgan fingerprint density at radius 2 is 1.92 bits per heavy atom. The molecule has 13 heavy (non-hydrogen) atoms. The molecule has 1 atom stereocenters. The SMILES string of the molecule is Cc1ccc(C2NC=CN2C)cc1. The van der Waals surface area contributed by atoms with Crippen LogP contribution < -0.4 is 5.32 Å². The van der Waals surface area contributed by atoms with Gasteiger partial charge in [-0.3, -0.25) is 0 Å². The van der Waals surface area contributed by atoms with Gasteiger partial charge in [0, 0.05) is 19.4 Å². The molecule has 0 saturated heterocycles. The number of nitrogens with one attached hydrogen (secondary N) is 1. The molecule has 1 aromatic carbocycles. The molecule has 1 N–H and O–H groups in total. The molecular weight excluding hydrogens is 160 g/mol. The third kappa shape index (κ3) is 1.52. The fraction of sp³-hybridized carbons (Fsp3) is 0.273. The summed E-state index contributed by atoms with van der Waals surface area (Å²) in [5.41, 5.74) is 2.61. The van der Waals surface area contributed by atoms with Crippen LogP contribution in [0.4, 0.5) is 0 Å². The monoisotopic (exact) mass is 174 g/mol. The van der Waals surface area contributed by atoms with Gasteiger partial charge in [-0.25, -0.2) is 0 Å². The van der Waals surface area contributed by atoms with Gasteiger partial charge in [0.2, 0.25) is 0 Å². The van der Waals surface area contributed by atoms with E-state index in [1.54, 1.807) is 0 Å². The summed E-state index contributed by atoms with van der Waals surface area (Å²) in [4.78, 5) is 2.16. The Morgan fingerprint density at radius 1 is 1.23 bits per heavy atom. The van der Waals surface area contributed by atoms with Gasteiger partial charge in [-0.05, 0) is 12.5 Å². The number of benzene rings is 1. The van der Waals surface area contributed by atoms with Gasteiger partial charge in [0.1, 0.15) is 6.17 Å². The van der Waals surface area contributed by atoms with Gasteiger partial charge in [0.15, 0.2) is 0 Å². The first-order valence-corrected chi connectivity index (χ1v) is 4.48. The van der Waals surface area contributed by atoms with Crippen molar-refractivity contribution in [1.29, 1.82) is 0 Å². The maximum Gasteiger partial charge on any atom is 0.124 e. The van der Waals surface area contributed by atoms with Crippen LogP contribution in [0.15, 0.2) is 36.7 Å². The molecule has 0 aliphatic carbocycles. The van der Waals surface area contributed by atoms with Crippen molar-refractivity contribution in [2.24, 2.45) is 0 Å². The maximum atomic E-state index is 3.29. The van der Waals surface area contributed by atoms with Gasteiger partial charge in [0.05, 0.1) is 0 Å². The summed E-state index contributed by atoms with van der Waals surface area (Å²) in [5, 5.41) is 3.29. The summed E-state index contributed by atoms with van der Waals surface area (Å²) in [6.45, 7) is 2.10. The number of nitrogens with zero attached hydrogens (tertiary/aromatic N) is 1. The van der Waals surface area contributed by atoms with Gasteiger partial charge < -0.3 is 10.2 Å². The van der Waals surface area contributed by atoms with Gasteiger partial charge >= 0.3 is 0 Å². The number of hydrogen-bond acceptors (Lipinski definition) is 2. The molecule has 0 spiro atoms. The highest BCUT2D eigenvalue weighted by Crippen LogP contribution is 2.20. The van der Waals surface area contributed by atoms with E-state index < -0.39 is 0 Å². The summed E-state index contributed by atoms with van der Waals surface area (Å²) in [6.07, 6.45) is 4.33. The summed E-state index contributed by atoms with van der Waals surface area (Å²) in [7, 11) is 2.07. The second-order valence-electron chi connectivity index (χ2n) is 3.46. The molecule has 2 nitrogen and oxygen atoms in total. The van der Waals surface area contributed by atoms with Gasteiger partial charge in [0.25, 0.3) is 0 Å². The Hall–Kier alpha value is -1.44. The molecule has 1 aromatic rings. The van der Waals surface area contributed by atoms with Crippen molar-refractivity contribution < 1.29 is 0 Å². The fourth-order valence-corrected chi connectivity index (χ4v) is 1.54. The average molecular weight is 174 g/mol. The molecule has 0 aromatic heterocycles. The summed E-state index contributed by atoms with van der Waals surface area (Å²) < 4.78 is 0. The van der Waals surface area contributed by atoms with Crippen molar-refractivity contribution in [1.82, 2.24) is 10.2 Å². The molecule has 2 heteroatoms. The predicted octanol–water partition coefficient (Wildman–Crippen LogP) is 2.00. The third-order valence-electron chi connectivity index (χ3n) is 2.36. The van der Waals surface area contributed by atoms with Crippen LogP contribution in [0.3, 0.4) is 0 Å². The minimum absolute atomic E-state index is 0.306. The van der Waals surface area contributed by atoms with Crippen molar-refractivity contribution in [2.45, 2.75) is 13.1 Å². The van der Waals surface area contributed by atoms with E-state index in [9.17, 15) is 0 Å². The largest absolute Gasteiger partial charge is 0.366 e. The highest BCUT2D eigenvalue weighted by Gasteiger charge is 2.15. The second kappa shape index (κ2) is 3.13. The van der Waals surface area contributed by atoms with Crippen LogP contribution in [0.25, 0.3) is 0 Å². The third-order valence-corrected chi connectivity index (χ3v) is 2.36.